The Morgan fingerprint density at radius 2 is 1.63 bits per heavy atom. The lowest BCUT2D eigenvalue weighted by molar-refractivity contribution is -0.385. The molecule has 0 radical (unpaired) electrons. The fourth-order valence-electron chi connectivity index (χ4n) is 6.73. The first-order valence-corrected chi connectivity index (χ1v) is 18.6. The minimum atomic E-state index is -4.83. The van der Waals surface area contributed by atoms with Crippen LogP contribution in [0.1, 0.15) is 34.5 Å². The number of nitro groups is 2. The molecule has 1 aliphatic heterocycles. The molecule has 1 saturated heterocycles. The van der Waals surface area contributed by atoms with E-state index in [1.165, 1.54) is 29.8 Å². The molecule has 1 fully saturated rings. The molecule has 54 heavy (non-hydrogen) atoms. The number of benzene rings is 4. The predicted molar refractivity (Wildman–Crippen MR) is 201 cm³/mol. The van der Waals surface area contributed by atoms with E-state index in [1.807, 2.05) is 36.5 Å². The summed E-state index contributed by atoms with van der Waals surface area (Å²) >= 11 is 0. The van der Waals surface area contributed by atoms with Crippen LogP contribution in [0.3, 0.4) is 0 Å². The average molecular weight is 748 g/mol. The molecule has 16 heteroatoms. The zero-order chi connectivity index (χ0) is 38.0. The van der Waals surface area contributed by atoms with Crippen LogP contribution >= 0.6 is 0 Å². The van der Waals surface area contributed by atoms with Crippen molar-refractivity contribution < 1.29 is 27.5 Å². The second-order valence-electron chi connectivity index (χ2n) is 12.9. The van der Waals surface area contributed by atoms with Gasteiger partial charge in [-0.25, -0.2) is 8.42 Å². The van der Waals surface area contributed by atoms with Crippen LogP contribution in [0.15, 0.2) is 107 Å². The standard InChI is InChI=1S/C38H33N7O8S/c39-24-26-10-12-35-34(19-26)27(25-40-35)5-1-2-14-41-15-17-42(18-16-41)29-11-13-36-28(20-29)21-37(53-36)38(46)43(30-6-3-7-31(22-30)44(47)48)54(51,52)33-9-4-8-32(23-33)45(49)50/h3-4,6-13,19-23,25,40H,1-2,5,14-18H2. The molecule has 1 aliphatic rings. The van der Waals surface area contributed by atoms with Crippen molar-refractivity contribution in [2.75, 3.05) is 41.9 Å². The first-order chi connectivity index (χ1) is 26.0. The fraction of sp³-hybridized carbons (Fsp3) is 0.211. The van der Waals surface area contributed by atoms with Crippen LogP contribution < -0.4 is 9.21 Å². The number of nitrogens with zero attached hydrogens (tertiary/aromatic N) is 6. The highest BCUT2D eigenvalue weighted by Crippen LogP contribution is 2.33. The van der Waals surface area contributed by atoms with E-state index < -0.39 is 42.0 Å². The van der Waals surface area contributed by atoms with Gasteiger partial charge in [-0.1, -0.05) is 12.1 Å². The van der Waals surface area contributed by atoms with E-state index in [9.17, 15) is 38.7 Å². The van der Waals surface area contributed by atoms with E-state index in [2.05, 4.69) is 20.9 Å². The van der Waals surface area contributed by atoms with Crippen molar-refractivity contribution >= 4 is 60.6 Å². The number of piperazine rings is 1. The highest BCUT2D eigenvalue weighted by Gasteiger charge is 2.35. The van der Waals surface area contributed by atoms with Gasteiger partial charge in [-0.3, -0.25) is 29.9 Å². The molecule has 1 N–H and O–H groups in total. The quantitative estimate of drug-likeness (QED) is 0.0786. The number of sulfonamides is 1. The van der Waals surface area contributed by atoms with E-state index in [0.29, 0.717) is 20.8 Å². The lowest BCUT2D eigenvalue weighted by Crippen LogP contribution is -2.46. The normalized spacial score (nSPS) is 13.6. The molecule has 0 saturated carbocycles. The first kappa shape index (κ1) is 35.8. The van der Waals surface area contributed by atoms with E-state index >= 15 is 0 Å². The number of hydrogen-bond acceptors (Lipinski definition) is 11. The number of rotatable bonds is 12. The Balaban J connectivity index is 1.04. The zero-order valence-corrected chi connectivity index (χ0v) is 29.6. The Bertz CT molecular complexity index is 2570. The van der Waals surface area contributed by atoms with E-state index in [0.717, 1.165) is 98.9 Å². The van der Waals surface area contributed by atoms with Gasteiger partial charge in [0.05, 0.1) is 32.1 Å². The molecule has 3 heterocycles. The summed E-state index contributed by atoms with van der Waals surface area (Å²) in [7, 11) is -4.83. The third-order valence-corrected chi connectivity index (χ3v) is 11.2. The summed E-state index contributed by atoms with van der Waals surface area (Å²) in [6.45, 7) is 4.23. The predicted octanol–water partition coefficient (Wildman–Crippen LogP) is 6.78. The number of carbonyl (C=O) groups is 1. The molecular weight excluding hydrogens is 715 g/mol. The van der Waals surface area contributed by atoms with Crippen LogP contribution in [-0.4, -0.2) is 66.8 Å². The van der Waals surface area contributed by atoms with Gasteiger partial charge in [-0.15, -0.1) is 0 Å². The molecule has 0 spiro atoms. The number of fused-ring (bicyclic) bond motifs is 2. The van der Waals surface area contributed by atoms with Gasteiger partial charge >= 0.3 is 5.91 Å². The molecule has 274 valence electrons. The van der Waals surface area contributed by atoms with Gasteiger partial charge in [0.1, 0.15) is 5.58 Å². The minimum Gasteiger partial charge on any atom is -0.451 e. The highest BCUT2D eigenvalue weighted by molar-refractivity contribution is 7.93. The monoisotopic (exact) mass is 747 g/mol. The maximum absolute atomic E-state index is 14.0. The van der Waals surface area contributed by atoms with E-state index in [4.69, 9.17) is 4.42 Å². The lowest BCUT2D eigenvalue weighted by Gasteiger charge is -2.36. The number of hydrogen-bond donors (Lipinski definition) is 1. The van der Waals surface area contributed by atoms with Gasteiger partial charge in [-0.2, -0.15) is 9.57 Å². The number of anilines is 2. The Hall–Kier alpha value is -6.57. The number of non-ortho nitro benzene ring substituents is 2. The summed E-state index contributed by atoms with van der Waals surface area (Å²) < 4.78 is 34.1. The number of aryl methyl sites for hydroxylation is 1. The van der Waals surface area contributed by atoms with Crippen molar-refractivity contribution in [3.8, 4) is 6.07 Å². The number of nitro benzene ring substituents is 2. The smallest absolute Gasteiger partial charge is 0.308 e. The van der Waals surface area contributed by atoms with Crippen LogP contribution in [0.5, 0.6) is 0 Å². The van der Waals surface area contributed by atoms with E-state index in [1.54, 1.807) is 6.07 Å². The van der Waals surface area contributed by atoms with Gasteiger partial charge in [-0.05, 0) is 86.0 Å². The molecule has 0 bridgehead atoms. The minimum absolute atomic E-state index is 0.325. The third kappa shape index (κ3) is 7.22. The van der Waals surface area contributed by atoms with Gasteiger partial charge in [0.25, 0.3) is 21.4 Å². The number of nitriles is 1. The molecule has 15 nitrogen and oxygen atoms in total. The van der Waals surface area contributed by atoms with Gasteiger partial charge in [0.15, 0.2) is 5.76 Å². The van der Waals surface area contributed by atoms with Gasteiger partial charge in [0, 0.05) is 78.6 Å². The van der Waals surface area contributed by atoms with Crippen LogP contribution in [0.4, 0.5) is 22.7 Å². The highest BCUT2D eigenvalue weighted by atomic mass is 32.2. The van der Waals surface area contributed by atoms with Gasteiger partial charge < -0.3 is 14.3 Å². The maximum Gasteiger partial charge on any atom is 0.308 e. The molecule has 2 aromatic heterocycles. The van der Waals surface area contributed by atoms with Crippen molar-refractivity contribution in [1.82, 2.24) is 9.88 Å². The Labute approximate surface area is 309 Å². The molecule has 0 aliphatic carbocycles. The summed E-state index contributed by atoms with van der Waals surface area (Å²) in [6.07, 6.45) is 5.00. The van der Waals surface area contributed by atoms with Crippen molar-refractivity contribution in [1.29, 1.82) is 5.26 Å². The van der Waals surface area contributed by atoms with Crippen LogP contribution in [0.25, 0.3) is 21.9 Å². The number of carbonyl (C=O) groups excluding carboxylic acids is 1. The molecular formula is C38H33N7O8S. The number of aromatic nitrogens is 1. The second kappa shape index (κ2) is 14.8. The van der Waals surface area contributed by atoms with Crippen molar-refractivity contribution in [2.45, 2.75) is 24.2 Å². The summed E-state index contributed by atoms with van der Waals surface area (Å²) in [6, 6.07) is 23.5. The summed E-state index contributed by atoms with van der Waals surface area (Å²) in [5, 5.41) is 33.9. The van der Waals surface area contributed by atoms with Crippen molar-refractivity contribution in [3.05, 3.63) is 134 Å². The molecule has 6 aromatic rings. The maximum atomic E-state index is 14.0. The van der Waals surface area contributed by atoms with Crippen LogP contribution in [-0.2, 0) is 16.4 Å². The summed E-state index contributed by atoms with van der Waals surface area (Å²) in [5.41, 5.74) is 2.80. The Kier molecular flexibility index (Phi) is 9.83. The van der Waals surface area contributed by atoms with Crippen LogP contribution in [0.2, 0.25) is 0 Å². The molecule has 4 aromatic carbocycles. The lowest BCUT2D eigenvalue weighted by atomic mass is 10.1. The second-order valence-corrected chi connectivity index (χ2v) is 14.7. The van der Waals surface area contributed by atoms with Crippen molar-refractivity contribution in [2.24, 2.45) is 0 Å². The SMILES string of the molecule is N#Cc1ccc2[nH]cc(CCCCN3CCN(c4ccc5oc(C(=O)N(c6cccc([N+](=O)[O-])c6)S(=O)(=O)c6cccc([N+](=O)[O-])c6)cc5c4)CC3)c2c1. The number of unbranched alkanes of at least 4 members (excludes halogenated alkanes) is 1. The number of aromatic amines is 1. The number of amides is 1. The van der Waals surface area contributed by atoms with E-state index in [-0.39, 0.29) is 11.4 Å². The largest absolute Gasteiger partial charge is 0.451 e. The topological polar surface area (TPSA) is 200 Å². The molecule has 7 rings (SSSR count). The zero-order valence-electron chi connectivity index (χ0n) is 28.8. The molecule has 0 unspecified atom stereocenters. The Morgan fingerprint density at radius 1 is 0.889 bits per heavy atom. The average Bonchev–Trinajstić information content (AvgIpc) is 3.80. The number of furan rings is 1. The first-order valence-electron chi connectivity index (χ1n) is 17.1. The fourth-order valence-corrected chi connectivity index (χ4v) is 8.16. The number of nitrogens with one attached hydrogen (secondary N) is 1. The summed E-state index contributed by atoms with van der Waals surface area (Å²) in [4.78, 5) is 42.9. The number of H-pyrrole nitrogens is 1. The summed E-state index contributed by atoms with van der Waals surface area (Å²) in [5.74, 6) is -1.48. The van der Waals surface area contributed by atoms with Crippen molar-refractivity contribution in [3.63, 3.8) is 0 Å². The van der Waals surface area contributed by atoms with Gasteiger partial charge in [0.2, 0.25) is 0 Å². The van der Waals surface area contributed by atoms with Crippen LogP contribution in [0, 0.1) is 31.6 Å². The third-order valence-electron chi connectivity index (χ3n) is 9.54. The molecule has 1 amide bonds. The molecule has 0 atom stereocenters. The Morgan fingerprint density at radius 3 is 2.37 bits per heavy atom.